The molecule has 0 saturated heterocycles. The van der Waals surface area contributed by atoms with Crippen LogP contribution in [0.15, 0.2) is 77.7 Å². The van der Waals surface area contributed by atoms with Gasteiger partial charge < -0.3 is 30.8 Å². The van der Waals surface area contributed by atoms with Gasteiger partial charge in [-0.25, -0.2) is 0 Å². The number of nitrogen functional groups attached to an aromatic ring is 1. The number of amides is 1. The van der Waals surface area contributed by atoms with Crippen LogP contribution in [-0.2, 0) is 16.1 Å². The Morgan fingerprint density at radius 1 is 1.13 bits per heavy atom. The number of carbonyl (C=O) groups excluding carboxylic acids is 2. The minimum atomic E-state index is -0.839. The fourth-order valence-corrected chi connectivity index (χ4v) is 4.67. The molecule has 1 heterocycles. The number of nitrogens with one attached hydrogen (secondary N) is 2. The highest BCUT2D eigenvalue weighted by Gasteiger charge is 2.27. The molecular formula is C30H32N4O4. The quantitative estimate of drug-likeness (QED) is 0.188. The lowest BCUT2D eigenvalue weighted by molar-refractivity contribution is -0.134. The summed E-state index contributed by atoms with van der Waals surface area (Å²) in [7, 11) is 0. The highest BCUT2D eigenvalue weighted by Crippen LogP contribution is 2.28. The van der Waals surface area contributed by atoms with Crippen molar-refractivity contribution in [2.45, 2.75) is 32.4 Å². The first-order valence-electron chi connectivity index (χ1n) is 12.5. The molecule has 1 amide bonds. The molecule has 1 unspecified atom stereocenters. The van der Waals surface area contributed by atoms with Crippen LogP contribution in [0.2, 0.25) is 0 Å². The van der Waals surface area contributed by atoms with E-state index in [-0.39, 0.29) is 37.1 Å². The van der Waals surface area contributed by atoms with E-state index in [4.69, 9.17) is 5.73 Å². The second kappa shape index (κ2) is 11.7. The van der Waals surface area contributed by atoms with Crippen molar-refractivity contribution in [3.63, 3.8) is 0 Å². The minimum absolute atomic E-state index is 0.0136. The Labute approximate surface area is 221 Å². The van der Waals surface area contributed by atoms with Crippen LogP contribution in [0.4, 0.5) is 11.4 Å². The normalized spacial score (nSPS) is 12.6. The lowest BCUT2D eigenvalue weighted by Crippen LogP contribution is -2.39. The Morgan fingerprint density at radius 3 is 2.66 bits per heavy atom. The second-order valence-electron chi connectivity index (χ2n) is 9.52. The highest BCUT2D eigenvalue weighted by molar-refractivity contribution is 5.89. The molecule has 4 rings (SSSR count). The van der Waals surface area contributed by atoms with Gasteiger partial charge in [0.2, 0.25) is 5.91 Å². The van der Waals surface area contributed by atoms with Gasteiger partial charge in [0, 0.05) is 42.0 Å². The highest BCUT2D eigenvalue weighted by atomic mass is 16.3. The van der Waals surface area contributed by atoms with E-state index >= 15 is 0 Å². The van der Waals surface area contributed by atoms with Gasteiger partial charge in [0.15, 0.2) is 0 Å². The number of pyridine rings is 1. The molecule has 8 nitrogen and oxygen atoms in total. The number of fused-ring (bicyclic) bond motifs is 1. The average Bonchev–Trinajstić information content (AvgIpc) is 2.91. The largest absolute Gasteiger partial charge is 0.399 e. The third kappa shape index (κ3) is 5.92. The van der Waals surface area contributed by atoms with Crippen molar-refractivity contribution >= 4 is 34.3 Å². The number of aromatic amines is 1. The van der Waals surface area contributed by atoms with E-state index < -0.39 is 6.04 Å². The molecule has 0 aliphatic rings. The maximum atomic E-state index is 14.0. The lowest BCUT2D eigenvalue weighted by atomic mass is 9.93. The van der Waals surface area contributed by atoms with Crippen molar-refractivity contribution < 1.29 is 14.7 Å². The van der Waals surface area contributed by atoms with E-state index in [0.717, 1.165) is 22.1 Å². The van der Waals surface area contributed by atoms with E-state index in [1.807, 2.05) is 56.3 Å². The van der Waals surface area contributed by atoms with Crippen LogP contribution < -0.4 is 16.6 Å². The van der Waals surface area contributed by atoms with Crippen LogP contribution in [-0.4, -0.2) is 40.3 Å². The number of carbonyl (C=O) groups is 2. The molecule has 1 aromatic heterocycles. The SMILES string of the molecule is Cc1cc(C(Nc2ccc3cc[nH]c(=O)c3c2)C(=O)N(CC=O)Cc2cccc(N)c2)ccc1[C@@H](C)CO. The molecule has 38 heavy (non-hydrogen) atoms. The van der Waals surface area contributed by atoms with Crippen LogP contribution in [0.5, 0.6) is 0 Å². The summed E-state index contributed by atoms with van der Waals surface area (Å²) in [6.45, 7) is 4.00. The predicted octanol–water partition coefficient (Wildman–Crippen LogP) is 3.90. The fraction of sp³-hybridized carbons (Fsp3) is 0.233. The topological polar surface area (TPSA) is 129 Å². The van der Waals surface area contributed by atoms with Crippen LogP contribution in [0.1, 0.15) is 41.1 Å². The number of anilines is 2. The van der Waals surface area contributed by atoms with Gasteiger partial charge in [0.25, 0.3) is 5.56 Å². The smallest absolute Gasteiger partial charge is 0.255 e. The second-order valence-corrected chi connectivity index (χ2v) is 9.52. The maximum absolute atomic E-state index is 14.0. The van der Waals surface area contributed by atoms with Gasteiger partial charge in [0.1, 0.15) is 12.3 Å². The summed E-state index contributed by atoms with van der Waals surface area (Å²) >= 11 is 0. The number of nitrogens with zero attached hydrogens (tertiary/aromatic N) is 1. The molecule has 0 bridgehead atoms. The minimum Gasteiger partial charge on any atom is -0.399 e. The van der Waals surface area contributed by atoms with Crippen molar-refractivity contribution in [3.8, 4) is 0 Å². The number of aliphatic hydroxyl groups excluding tert-OH is 1. The summed E-state index contributed by atoms with van der Waals surface area (Å²) in [5.74, 6) is -0.350. The van der Waals surface area contributed by atoms with E-state index in [2.05, 4.69) is 10.3 Å². The number of H-pyrrole nitrogens is 1. The average molecular weight is 513 g/mol. The fourth-order valence-electron chi connectivity index (χ4n) is 4.67. The van der Waals surface area contributed by atoms with Crippen molar-refractivity contribution in [2.24, 2.45) is 0 Å². The van der Waals surface area contributed by atoms with Gasteiger partial charge >= 0.3 is 0 Å². The third-order valence-corrected chi connectivity index (χ3v) is 6.70. The number of aldehydes is 1. The Hall–Kier alpha value is -4.43. The summed E-state index contributed by atoms with van der Waals surface area (Å²) < 4.78 is 0. The Balaban J connectivity index is 1.75. The first-order chi connectivity index (χ1) is 18.3. The molecule has 0 radical (unpaired) electrons. The van der Waals surface area contributed by atoms with E-state index in [1.54, 1.807) is 30.5 Å². The molecule has 0 aliphatic carbocycles. The van der Waals surface area contributed by atoms with Crippen LogP contribution in [0.3, 0.4) is 0 Å². The number of benzene rings is 3. The molecule has 0 fully saturated rings. The molecule has 8 heteroatoms. The van der Waals surface area contributed by atoms with Crippen molar-refractivity contribution in [2.75, 3.05) is 24.2 Å². The van der Waals surface area contributed by atoms with Gasteiger partial charge in [-0.15, -0.1) is 0 Å². The molecule has 3 aromatic carbocycles. The summed E-state index contributed by atoms with van der Waals surface area (Å²) in [5, 5.41) is 14.2. The van der Waals surface area contributed by atoms with Crippen LogP contribution in [0, 0.1) is 6.92 Å². The number of aromatic nitrogens is 1. The zero-order chi connectivity index (χ0) is 27.2. The van der Waals surface area contributed by atoms with Gasteiger partial charge in [0.05, 0.1) is 6.54 Å². The molecule has 196 valence electrons. The zero-order valence-corrected chi connectivity index (χ0v) is 21.5. The van der Waals surface area contributed by atoms with Gasteiger partial charge in [-0.2, -0.15) is 0 Å². The maximum Gasteiger partial charge on any atom is 0.255 e. The zero-order valence-electron chi connectivity index (χ0n) is 21.5. The Bertz CT molecular complexity index is 1510. The summed E-state index contributed by atoms with van der Waals surface area (Å²) in [6, 6.07) is 19.2. The number of aryl methyl sites for hydroxylation is 1. The van der Waals surface area contributed by atoms with Crippen molar-refractivity contribution in [1.29, 1.82) is 0 Å². The van der Waals surface area contributed by atoms with E-state index in [0.29, 0.717) is 28.6 Å². The first-order valence-corrected chi connectivity index (χ1v) is 12.5. The van der Waals surface area contributed by atoms with Crippen molar-refractivity contribution in [1.82, 2.24) is 9.88 Å². The lowest BCUT2D eigenvalue weighted by Gasteiger charge is -2.28. The standard InChI is InChI=1S/C30H32N4O4/c1-19-14-23(7-9-26(19)20(2)18-36)28(33-25-8-6-22-10-11-32-29(37)27(22)16-25)30(38)34(12-13-35)17-21-4-3-5-24(31)15-21/h3-11,13-16,20,28,33,36H,12,17-18,31H2,1-2H3,(H,32,37)/t20-,28?/m0/s1. The van der Waals surface area contributed by atoms with Crippen LogP contribution >= 0.6 is 0 Å². The summed E-state index contributed by atoms with van der Waals surface area (Å²) in [5.41, 5.74) is 10.3. The number of nitrogens with two attached hydrogens (primary N) is 1. The number of hydrogen-bond acceptors (Lipinski definition) is 6. The van der Waals surface area contributed by atoms with Crippen LogP contribution in [0.25, 0.3) is 10.8 Å². The molecule has 0 aliphatic heterocycles. The van der Waals surface area contributed by atoms with Crippen molar-refractivity contribution in [3.05, 3.63) is 106 Å². The van der Waals surface area contributed by atoms with Gasteiger partial charge in [-0.3, -0.25) is 9.59 Å². The molecule has 4 aromatic rings. The first kappa shape index (κ1) is 26.6. The van der Waals surface area contributed by atoms with E-state index in [9.17, 15) is 19.5 Å². The van der Waals surface area contributed by atoms with Gasteiger partial charge in [-0.1, -0.05) is 43.3 Å². The predicted molar refractivity (Wildman–Crippen MR) is 150 cm³/mol. The molecule has 0 saturated carbocycles. The molecule has 5 N–H and O–H groups in total. The summed E-state index contributed by atoms with van der Waals surface area (Å²) in [4.78, 5) is 42.1. The van der Waals surface area contributed by atoms with E-state index in [1.165, 1.54) is 4.90 Å². The molecular weight excluding hydrogens is 480 g/mol. The number of hydrogen-bond donors (Lipinski definition) is 4. The third-order valence-electron chi connectivity index (χ3n) is 6.70. The Morgan fingerprint density at radius 2 is 1.95 bits per heavy atom. The summed E-state index contributed by atoms with van der Waals surface area (Å²) in [6.07, 6.45) is 2.30. The van der Waals surface area contributed by atoms with Gasteiger partial charge in [-0.05, 0) is 64.9 Å². The monoisotopic (exact) mass is 512 g/mol. The number of rotatable bonds is 10. The Kier molecular flexibility index (Phi) is 8.23. The molecule has 0 spiro atoms. The number of aliphatic hydroxyl groups is 1. The molecule has 2 atom stereocenters.